The second-order valence-corrected chi connectivity index (χ2v) is 9.94. The summed E-state index contributed by atoms with van der Waals surface area (Å²) in [6.07, 6.45) is 0.0672. The fourth-order valence-corrected chi connectivity index (χ4v) is 4.11. The number of amides is 2. The zero-order chi connectivity index (χ0) is 31.0. The van der Waals surface area contributed by atoms with E-state index in [1.165, 1.54) is 6.07 Å². The van der Waals surface area contributed by atoms with Crippen LogP contribution in [0.3, 0.4) is 0 Å². The van der Waals surface area contributed by atoms with Gasteiger partial charge in [0.25, 0.3) is 0 Å². The van der Waals surface area contributed by atoms with Gasteiger partial charge in [-0.25, -0.2) is 19.7 Å². The van der Waals surface area contributed by atoms with E-state index in [2.05, 4.69) is 25.6 Å². The van der Waals surface area contributed by atoms with Crippen molar-refractivity contribution in [1.29, 1.82) is 0 Å². The number of pyridine rings is 1. The first kappa shape index (κ1) is 31.2. The van der Waals surface area contributed by atoms with Gasteiger partial charge in [-0.1, -0.05) is 6.92 Å². The molecule has 226 valence electrons. The average Bonchev–Trinajstić information content (AvgIpc) is 2.97. The highest BCUT2D eigenvalue weighted by Gasteiger charge is 2.31. The van der Waals surface area contributed by atoms with Crippen LogP contribution in [0.1, 0.15) is 30.3 Å². The van der Waals surface area contributed by atoms with Crippen LogP contribution >= 0.6 is 0 Å². The van der Waals surface area contributed by atoms with Gasteiger partial charge in [-0.2, -0.15) is 13.2 Å². The van der Waals surface area contributed by atoms with Gasteiger partial charge in [0.1, 0.15) is 17.3 Å². The second-order valence-electron chi connectivity index (χ2n) is 9.94. The van der Waals surface area contributed by atoms with Gasteiger partial charge in [0.15, 0.2) is 0 Å². The molecule has 2 heterocycles. The first-order valence-corrected chi connectivity index (χ1v) is 13.7. The molecule has 0 spiro atoms. The van der Waals surface area contributed by atoms with Gasteiger partial charge < -0.3 is 25.0 Å². The molecule has 9 nitrogen and oxygen atoms in total. The minimum absolute atomic E-state index is 0.0903. The van der Waals surface area contributed by atoms with E-state index in [-0.39, 0.29) is 18.0 Å². The lowest BCUT2D eigenvalue weighted by molar-refractivity contribution is -0.137. The lowest BCUT2D eigenvalue weighted by atomic mass is 10.1. The number of hydrogen-bond acceptors (Lipinski definition) is 7. The second kappa shape index (κ2) is 14.0. The molecule has 0 atom stereocenters. The Kier molecular flexibility index (Phi) is 10.1. The molecule has 2 aromatic heterocycles. The van der Waals surface area contributed by atoms with Crippen molar-refractivity contribution in [2.24, 2.45) is 0 Å². The SMILES string of the molecule is CCc1nccc(-c2cccnc2Oc2ccc(NC(=O)Nc3cc(C(F)(F)F)ccc3OCCCN(C)C)cc2C)n1. The van der Waals surface area contributed by atoms with E-state index in [1.807, 2.05) is 32.0 Å². The highest BCUT2D eigenvalue weighted by Crippen LogP contribution is 2.36. The molecule has 0 aliphatic heterocycles. The number of hydrogen-bond donors (Lipinski definition) is 2. The summed E-state index contributed by atoms with van der Waals surface area (Å²) in [5.41, 5.74) is 1.48. The number of aromatic nitrogens is 3. The molecule has 0 radical (unpaired) electrons. The summed E-state index contributed by atoms with van der Waals surface area (Å²) in [4.78, 5) is 28.0. The third-order valence-electron chi connectivity index (χ3n) is 6.27. The van der Waals surface area contributed by atoms with Gasteiger partial charge >= 0.3 is 12.2 Å². The first-order valence-electron chi connectivity index (χ1n) is 13.7. The van der Waals surface area contributed by atoms with Gasteiger partial charge in [0.05, 0.1) is 29.1 Å². The molecule has 0 saturated heterocycles. The first-order chi connectivity index (χ1) is 20.5. The fourth-order valence-electron chi connectivity index (χ4n) is 4.11. The van der Waals surface area contributed by atoms with Crippen LogP contribution in [-0.4, -0.2) is 53.1 Å². The quantitative estimate of drug-likeness (QED) is 0.177. The van der Waals surface area contributed by atoms with Crippen molar-refractivity contribution in [3.8, 4) is 28.6 Å². The Morgan fingerprint density at radius 1 is 0.977 bits per heavy atom. The molecule has 0 unspecified atom stereocenters. The third-order valence-corrected chi connectivity index (χ3v) is 6.27. The third kappa shape index (κ3) is 8.65. The molecule has 2 aromatic carbocycles. The van der Waals surface area contributed by atoms with E-state index < -0.39 is 17.8 Å². The molecule has 0 fully saturated rings. The molecular weight excluding hydrogens is 561 g/mol. The summed E-state index contributed by atoms with van der Waals surface area (Å²) in [6.45, 7) is 4.78. The van der Waals surface area contributed by atoms with Crippen molar-refractivity contribution >= 4 is 17.4 Å². The van der Waals surface area contributed by atoms with Gasteiger partial charge in [-0.15, -0.1) is 0 Å². The summed E-state index contributed by atoms with van der Waals surface area (Å²) in [6, 6.07) is 12.7. The molecule has 4 rings (SSSR count). The number of nitrogens with one attached hydrogen (secondary N) is 2. The summed E-state index contributed by atoms with van der Waals surface area (Å²) in [7, 11) is 3.82. The van der Waals surface area contributed by atoms with Crippen LogP contribution < -0.4 is 20.1 Å². The topological polar surface area (TPSA) is 102 Å². The lowest BCUT2D eigenvalue weighted by Gasteiger charge is -2.17. The normalized spacial score (nSPS) is 11.3. The number of nitrogens with zero attached hydrogens (tertiary/aromatic N) is 4. The molecule has 0 aliphatic rings. The predicted molar refractivity (Wildman–Crippen MR) is 159 cm³/mol. The van der Waals surface area contributed by atoms with E-state index in [1.54, 1.807) is 49.6 Å². The number of carbonyl (C=O) groups excluding carboxylic acids is 1. The number of halogens is 3. The van der Waals surface area contributed by atoms with Crippen molar-refractivity contribution in [2.45, 2.75) is 32.9 Å². The number of carbonyl (C=O) groups is 1. The summed E-state index contributed by atoms with van der Waals surface area (Å²) in [5.74, 6) is 1.70. The highest BCUT2D eigenvalue weighted by molar-refractivity contribution is 6.00. The molecular formula is C31H33F3N6O3. The number of anilines is 2. The van der Waals surface area contributed by atoms with Crippen molar-refractivity contribution in [2.75, 3.05) is 37.9 Å². The molecule has 0 bridgehead atoms. The summed E-state index contributed by atoms with van der Waals surface area (Å²) < 4.78 is 51.9. The number of ether oxygens (including phenoxy) is 2. The number of alkyl halides is 3. The van der Waals surface area contributed by atoms with Gasteiger partial charge in [0, 0.05) is 31.0 Å². The van der Waals surface area contributed by atoms with E-state index in [0.717, 1.165) is 18.7 Å². The van der Waals surface area contributed by atoms with Gasteiger partial charge in [-0.05, 0) is 87.6 Å². The van der Waals surface area contributed by atoms with E-state index >= 15 is 0 Å². The summed E-state index contributed by atoms with van der Waals surface area (Å²) >= 11 is 0. The van der Waals surface area contributed by atoms with Crippen molar-refractivity contribution < 1.29 is 27.4 Å². The number of benzene rings is 2. The predicted octanol–water partition coefficient (Wildman–Crippen LogP) is 7.20. The average molecular weight is 595 g/mol. The molecule has 12 heteroatoms. The maximum Gasteiger partial charge on any atom is 0.416 e. The zero-order valence-electron chi connectivity index (χ0n) is 24.3. The number of urea groups is 1. The van der Waals surface area contributed by atoms with E-state index in [0.29, 0.717) is 52.8 Å². The minimum atomic E-state index is -4.58. The van der Waals surface area contributed by atoms with Gasteiger partial charge in [-0.3, -0.25) is 0 Å². The molecule has 2 N–H and O–H groups in total. The molecule has 4 aromatic rings. The fraction of sp³-hybridized carbons (Fsp3) is 0.290. The maximum absolute atomic E-state index is 13.4. The van der Waals surface area contributed by atoms with Crippen LogP contribution in [0.4, 0.5) is 29.3 Å². The van der Waals surface area contributed by atoms with Crippen molar-refractivity contribution in [1.82, 2.24) is 19.9 Å². The van der Waals surface area contributed by atoms with Crippen LogP contribution in [0.2, 0.25) is 0 Å². The Balaban J connectivity index is 1.47. The zero-order valence-corrected chi connectivity index (χ0v) is 24.3. The van der Waals surface area contributed by atoms with Crippen LogP contribution in [-0.2, 0) is 12.6 Å². The minimum Gasteiger partial charge on any atom is -0.491 e. The van der Waals surface area contributed by atoms with Crippen LogP contribution in [0.5, 0.6) is 17.4 Å². The van der Waals surface area contributed by atoms with E-state index in [4.69, 9.17) is 9.47 Å². The Labute approximate surface area is 248 Å². The molecule has 0 aliphatic carbocycles. The molecule has 2 amide bonds. The maximum atomic E-state index is 13.4. The molecule has 0 saturated carbocycles. The lowest BCUT2D eigenvalue weighted by Crippen LogP contribution is -2.21. The van der Waals surface area contributed by atoms with E-state index in [9.17, 15) is 18.0 Å². The Morgan fingerprint density at radius 3 is 2.49 bits per heavy atom. The van der Waals surface area contributed by atoms with Crippen molar-refractivity contribution in [3.63, 3.8) is 0 Å². The number of aryl methyl sites for hydroxylation is 2. The Morgan fingerprint density at radius 2 is 1.77 bits per heavy atom. The highest BCUT2D eigenvalue weighted by atomic mass is 19.4. The van der Waals surface area contributed by atoms with Crippen LogP contribution in [0.15, 0.2) is 67.0 Å². The van der Waals surface area contributed by atoms with Crippen LogP contribution in [0, 0.1) is 6.92 Å². The monoisotopic (exact) mass is 594 g/mol. The van der Waals surface area contributed by atoms with Crippen molar-refractivity contribution in [3.05, 3.63) is 83.9 Å². The van der Waals surface area contributed by atoms with Crippen LogP contribution in [0.25, 0.3) is 11.3 Å². The standard InChI is InChI=1S/C31H33F3N6O3/c1-5-28-35-15-13-24(38-28)23-8-6-14-36-29(23)43-26-12-10-22(18-20(26)2)37-30(41)39-25-19-21(31(32,33)34)9-11-27(25)42-17-7-16-40(3)4/h6,8-15,18-19H,5,7,16-17H2,1-4H3,(H2,37,39,41). The number of rotatable bonds is 11. The largest absolute Gasteiger partial charge is 0.491 e. The Hall–Kier alpha value is -4.71. The Bertz CT molecular complexity index is 1560. The summed E-state index contributed by atoms with van der Waals surface area (Å²) in [5, 5.41) is 5.15. The molecule has 43 heavy (non-hydrogen) atoms. The smallest absolute Gasteiger partial charge is 0.416 e. The van der Waals surface area contributed by atoms with Gasteiger partial charge in [0.2, 0.25) is 5.88 Å².